The standard InChI is InChI=1S/C15H13IOS/c1-2-12-3-5-13(6-4-12)11-17-14-7-9-15(18-16)10-8-14/h2-10H,1,11H2. The van der Waals surface area contributed by atoms with Crippen LogP contribution >= 0.6 is 30.1 Å². The number of rotatable bonds is 5. The molecule has 2 rings (SSSR count). The van der Waals surface area contributed by atoms with Crippen molar-refractivity contribution in [3.63, 3.8) is 0 Å². The van der Waals surface area contributed by atoms with E-state index in [1.54, 1.807) is 8.93 Å². The quantitative estimate of drug-likeness (QED) is 0.658. The molecule has 2 aromatic carbocycles. The molecule has 0 saturated carbocycles. The molecule has 3 heteroatoms. The summed E-state index contributed by atoms with van der Waals surface area (Å²) in [5.41, 5.74) is 2.29. The Balaban J connectivity index is 1.95. The minimum absolute atomic E-state index is 0.591. The molecule has 0 unspecified atom stereocenters. The summed E-state index contributed by atoms with van der Waals surface area (Å²) in [5, 5.41) is 0. The Bertz CT molecular complexity index is 505. The fourth-order valence-corrected chi connectivity index (χ4v) is 2.62. The molecule has 18 heavy (non-hydrogen) atoms. The monoisotopic (exact) mass is 368 g/mol. The lowest BCUT2D eigenvalue weighted by Crippen LogP contribution is -1.94. The molecule has 1 nitrogen and oxygen atoms in total. The molecule has 92 valence electrons. The number of halogens is 1. The summed E-state index contributed by atoms with van der Waals surface area (Å²) in [6.45, 7) is 4.33. The second kappa shape index (κ2) is 6.85. The van der Waals surface area contributed by atoms with E-state index in [2.05, 4.69) is 52.0 Å². The van der Waals surface area contributed by atoms with Gasteiger partial charge in [-0.05, 0) is 35.4 Å². The van der Waals surface area contributed by atoms with Gasteiger partial charge in [0.2, 0.25) is 0 Å². The van der Waals surface area contributed by atoms with Crippen molar-refractivity contribution in [2.75, 3.05) is 0 Å². The van der Waals surface area contributed by atoms with Gasteiger partial charge in [-0.15, -0.1) is 0 Å². The minimum atomic E-state index is 0.591. The fourth-order valence-electron chi connectivity index (χ4n) is 1.50. The number of benzene rings is 2. The molecule has 0 radical (unpaired) electrons. The molecule has 0 aromatic heterocycles. The van der Waals surface area contributed by atoms with E-state index in [-0.39, 0.29) is 0 Å². The summed E-state index contributed by atoms with van der Waals surface area (Å²) < 4.78 is 5.73. The van der Waals surface area contributed by atoms with Gasteiger partial charge in [0.1, 0.15) is 12.4 Å². The predicted molar refractivity (Wildman–Crippen MR) is 87.2 cm³/mol. The first-order valence-corrected chi connectivity index (χ1v) is 8.90. The van der Waals surface area contributed by atoms with Crippen LogP contribution in [0.4, 0.5) is 0 Å². The third-order valence-electron chi connectivity index (χ3n) is 2.53. The number of ether oxygens (including phenoxy) is 1. The molecule has 0 bridgehead atoms. The van der Waals surface area contributed by atoms with Crippen LogP contribution in [0.2, 0.25) is 0 Å². The Labute approximate surface area is 124 Å². The highest BCUT2D eigenvalue weighted by Gasteiger charge is 1.97. The summed E-state index contributed by atoms with van der Waals surface area (Å²) >= 11 is 2.27. The molecule has 0 aliphatic rings. The van der Waals surface area contributed by atoms with Crippen molar-refractivity contribution in [2.45, 2.75) is 11.5 Å². The smallest absolute Gasteiger partial charge is 0.119 e. The maximum Gasteiger partial charge on any atom is 0.119 e. The second-order valence-corrected chi connectivity index (χ2v) is 5.73. The number of hydrogen-bond donors (Lipinski definition) is 0. The van der Waals surface area contributed by atoms with Crippen molar-refractivity contribution < 1.29 is 4.74 Å². The average molecular weight is 368 g/mol. The minimum Gasteiger partial charge on any atom is -0.489 e. The fraction of sp³-hybridized carbons (Fsp3) is 0.0667. The van der Waals surface area contributed by atoms with Crippen molar-refractivity contribution >= 4 is 36.2 Å². The summed E-state index contributed by atoms with van der Waals surface area (Å²) in [5.74, 6) is 0.900. The predicted octanol–water partition coefficient (Wildman–Crippen LogP) is 5.35. The van der Waals surface area contributed by atoms with E-state index in [0.29, 0.717) is 6.61 Å². The Hall–Kier alpha value is -0.940. The topological polar surface area (TPSA) is 9.23 Å². The van der Waals surface area contributed by atoms with Crippen LogP contribution in [0.5, 0.6) is 5.75 Å². The molecule has 0 amide bonds. The summed E-state index contributed by atoms with van der Waals surface area (Å²) in [6, 6.07) is 16.3. The molecule has 0 N–H and O–H groups in total. The van der Waals surface area contributed by atoms with Crippen LogP contribution < -0.4 is 4.74 Å². The van der Waals surface area contributed by atoms with Gasteiger partial charge in [-0.2, -0.15) is 0 Å². The molecule has 2 aromatic rings. The molecule has 0 fully saturated rings. The summed E-state index contributed by atoms with van der Waals surface area (Å²) in [7, 11) is 1.70. The van der Waals surface area contributed by atoms with E-state index < -0.39 is 0 Å². The zero-order valence-electron chi connectivity index (χ0n) is 9.80. The van der Waals surface area contributed by atoms with Gasteiger partial charge in [-0.1, -0.05) is 45.9 Å². The largest absolute Gasteiger partial charge is 0.489 e. The first-order chi connectivity index (χ1) is 8.81. The maximum absolute atomic E-state index is 5.73. The Kier molecular flexibility index (Phi) is 5.13. The molecule has 0 aliphatic heterocycles. The third-order valence-corrected chi connectivity index (χ3v) is 4.51. The van der Waals surface area contributed by atoms with E-state index in [0.717, 1.165) is 16.9 Å². The van der Waals surface area contributed by atoms with Crippen LogP contribution in [0.15, 0.2) is 60.0 Å². The Morgan fingerprint density at radius 2 is 1.72 bits per heavy atom. The van der Waals surface area contributed by atoms with Gasteiger partial charge in [0.25, 0.3) is 0 Å². The highest BCUT2D eigenvalue weighted by molar-refractivity contribution is 14.2. The first-order valence-electron chi connectivity index (χ1n) is 5.54. The van der Waals surface area contributed by atoms with Crippen molar-refractivity contribution in [3.05, 3.63) is 66.2 Å². The van der Waals surface area contributed by atoms with E-state index in [1.165, 1.54) is 4.90 Å². The lowest BCUT2D eigenvalue weighted by Gasteiger charge is -2.07. The van der Waals surface area contributed by atoms with Gasteiger partial charge >= 0.3 is 0 Å². The van der Waals surface area contributed by atoms with E-state index in [9.17, 15) is 0 Å². The molecular formula is C15H13IOS. The molecule has 0 spiro atoms. The van der Waals surface area contributed by atoms with Gasteiger partial charge in [-0.25, -0.2) is 0 Å². The van der Waals surface area contributed by atoms with Crippen molar-refractivity contribution in [1.82, 2.24) is 0 Å². The van der Waals surface area contributed by atoms with Gasteiger partial charge in [-0.3, -0.25) is 0 Å². The van der Waals surface area contributed by atoms with Gasteiger partial charge in [0.05, 0.1) is 0 Å². The SMILES string of the molecule is C=Cc1ccc(COc2ccc(SI)cc2)cc1. The van der Waals surface area contributed by atoms with Crippen molar-refractivity contribution in [3.8, 4) is 5.75 Å². The maximum atomic E-state index is 5.73. The summed E-state index contributed by atoms with van der Waals surface area (Å²) in [6.07, 6.45) is 1.84. The zero-order valence-corrected chi connectivity index (χ0v) is 12.8. The molecule has 0 saturated heterocycles. The zero-order chi connectivity index (χ0) is 12.8. The molecule has 0 aliphatic carbocycles. The van der Waals surface area contributed by atoms with Crippen LogP contribution in [0.3, 0.4) is 0 Å². The lowest BCUT2D eigenvalue weighted by atomic mass is 10.1. The Morgan fingerprint density at radius 1 is 1.06 bits per heavy atom. The first kappa shape index (κ1) is 13.5. The summed E-state index contributed by atoms with van der Waals surface area (Å²) in [4.78, 5) is 1.23. The van der Waals surface area contributed by atoms with Crippen LogP contribution in [-0.4, -0.2) is 0 Å². The highest BCUT2D eigenvalue weighted by atomic mass is 127. The van der Waals surface area contributed by atoms with Crippen LogP contribution in [-0.2, 0) is 6.61 Å². The van der Waals surface area contributed by atoms with Crippen LogP contribution in [0.25, 0.3) is 6.08 Å². The molecular weight excluding hydrogens is 355 g/mol. The molecule has 0 heterocycles. The highest BCUT2D eigenvalue weighted by Crippen LogP contribution is 2.26. The van der Waals surface area contributed by atoms with Crippen molar-refractivity contribution in [1.29, 1.82) is 0 Å². The van der Waals surface area contributed by atoms with E-state index in [1.807, 2.05) is 30.3 Å². The van der Waals surface area contributed by atoms with Gasteiger partial charge in [0.15, 0.2) is 0 Å². The van der Waals surface area contributed by atoms with Crippen LogP contribution in [0.1, 0.15) is 11.1 Å². The number of hydrogen-bond acceptors (Lipinski definition) is 2. The third kappa shape index (κ3) is 3.78. The van der Waals surface area contributed by atoms with Crippen molar-refractivity contribution in [2.24, 2.45) is 0 Å². The Morgan fingerprint density at radius 3 is 2.28 bits per heavy atom. The second-order valence-electron chi connectivity index (χ2n) is 3.78. The van der Waals surface area contributed by atoms with Gasteiger partial charge in [0, 0.05) is 26.1 Å². The van der Waals surface area contributed by atoms with E-state index >= 15 is 0 Å². The van der Waals surface area contributed by atoms with E-state index in [4.69, 9.17) is 4.74 Å². The normalized spacial score (nSPS) is 10.1. The average Bonchev–Trinajstić information content (AvgIpc) is 2.46. The lowest BCUT2D eigenvalue weighted by molar-refractivity contribution is 0.306. The molecule has 0 atom stereocenters. The van der Waals surface area contributed by atoms with Gasteiger partial charge < -0.3 is 4.74 Å². The van der Waals surface area contributed by atoms with Crippen LogP contribution in [0, 0.1) is 0 Å².